The van der Waals surface area contributed by atoms with Gasteiger partial charge in [-0.2, -0.15) is 8.42 Å². The molecule has 0 radical (unpaired) electrons. The van der Waals surface area contributed by atoms with Crippen LogP contribution in [-0.4, -0.2) is 41.8 Å². The average molecular weight is 226 g/mol. The number of hydrogen-bond acceptors (Lipinski definition) is 5. The molecule has 0 saturated heterocycles. The second-order valence-corrected chi connectivity index (χ2v) is 4.78. The highest BCUT2D eigenvalue weighted by atomic mass is 32.2. The zero-order chi connectivity index (χ0) is 11.2. The largest absolute Gasteiger partial charge is 0.356 e. The molecule has 86 valence electrons. The molecule has 14 heavy (non-hydrogen) atoms. The highest BCUT2D eigenvalue weighted by Crippen LogP contribution is 2.12. The van der Waals surface area contributed by atoms with Gasteiger partial charge in [0.25, 0.3) is 10.1 Å². The predicted octanol–water partition coefficient (Wildman–Crippen LogP) is 0.608. The summed E-state index contributed by atoms with van der Waals surface area (Å²) in [6, 6.07) is 0. The fraction of sp³-hybridized carbons (Fsp3) is 1.00. The van der Waals surface area contributed by atoms with E-state index in [9.17, 15) is 8.42 Å². The lowest BCUT2D eigenvalue weighted by molar-refractivity contribution is -0.135. The zero-order valence-corrected chi connectivity index (χ0v) is 9.83. The monoisotopic (exact) mass is 226 g/mol. The minimum absolute atomic E-state index is 0.0896. The van der Waals surface area contributed by atoms with Gasteiger partial charge in [0, 0.05) is 20.1 Å². The van der Waals surface area contributed by atoms with Crippen LogP contribution in [0.25, 0.3) is 0 Å². The number of methoxy groups -OCH3 is 2. The molecule has 5 nitrogen and oxygen atoms in total. The predicted molar refractivity (Wildman–Crippen MR) is 52.4 cm³/mol. The van der Waals surface area contributed by atoms with E-state index in [1.54, 1.807) is 14.2 Å². The molecule has 0 bridgehead atoms. The molecule has 0 rings (SSSR count). The Balaban J connectivity index is 3.78. The molecule has 1 atom stereocenters. The van der Waals surface area contributed by atoms with E-state index in [1.807, 2.05) is 6.92 Å². The molecule has 0 unspecified atom stereocenters. The van der Waals surface area contributed by atoms with Crippen LogP contribution in [-0.2, 0) is 23.8 Å². The van der Waals surface area contributed by atoms with E-state index in [0.29, 0.717) is 6.42 Å². The lowest BCUT2D eigenvalue weighted by Crippen LogP contribution is -2.24. The third kappa shape index (κ3) is 6.31. The number of ether oxygens (including phenoxy) is 2. The molecule has 0 aliphatic carbocycles. The maximum atomic E-state index is 10.6. The zero-order valence-electron chi connectivity index (χ0n) is 9.02. The summed E-state index contributed by atoms with van der Waals surface area (Å²) < 4.78 is 35.9. The molecule has 0 N–H and O–H groups in total. The van der Waals surface area contributed by atoms with Crippen molar-refractivity contribution in [3.05, 3.63) is 0 Å². The molecule has 0 fully saturated rings. The fourth-order valence-corrected chi connectivity index (χ4v) is 1.48. The van der Waals surface area contributed by atoms with Crippen molar-refractivity contribution < 1.29 is 22.1 Å². The minimum Gasteiger partial charge on any atom is -0.356 e. The molecule has 0 aromatic heterocycles. The van der Waals surface area contributed by atoms with Crippen LogP contribution >= 0.6 is 0 Å². The molecule has 0 amide bonds. The summed E-state index contributed by atoms with van der Waals surface area (Å²) in [6.45, 7) is 2.06. The lowest BCUT2D eigenvalue weighted by atomic mass is 10.1. The first kappa shape index (κ1) is 13.8. The van der Waals surface area contributed by atoms with E-state index in [4.69, 9.17) is 9.47 Å². The second kappa shape index (κ2) is 6.34. The molecule has 0 aromatic rings. The Kier molecular flexibility index (Phi) is 6.26. The normalized spacial score (nSPS) is 14.6. The van der Waals surface area contributed by atoms with Gasteiger partial charge < -0.3 is 9.47 Å². The summed E-state index contributed by atoms with van der Waals surface area (Å²) in [5.74, 6) is 0.0896. The molecular weight excluding hydrogens is 208 g/mol. The smallest absolute Gasteiger partial charge is 0.264 e. The van der Waals surface area contributed by atoms with Crippen LogP contribution in [0.15, 0.2) is 0 Å². The van der Waals surface area contributed by atoms with E-state index < -0.39 is 10.1 Å². The third-order valence-corrected chi connectivity index (χ3v) is 2.39. The van der Waals surface area contributed by atoms with Crippen molar-refractivity contribution in [2.24, 2.45) is 5.92 Å². The van der Waals surface area contributed by atoms with Crippen molar-refractivity contribution in [3.8, 4) is 0 Å². The molecule has 0 spiro atoms. The molecule has 0 aliphatic heterocycles. The third-order valence-electron chi connectivity index (χ3n) is 1.80. The maximum absolute atomic E-state index is 10.6. The lowest BCUT2D eigenvalue weighted by Gasteiger charge is -2.20. The summed E-state index contributed by atoms with van der Waals surface area (Å²) in [5, 5.41) is 0. The van der Waals surface area contributed by atoms with E-state index >= 15 is 0 Å². The Labute approximate surface area is 85.5 Å². The summed E-state index contributed by atoms with van der Waals surface area (Å²) in [6.07, 6.45) is 1.28. The van der Waals surface area contributed by atoms with Gasteiger partial charge >= 0.3 is 0 Å². The van der Waals surface area contributed by atoms with Gasteiger partial charge in [-0.25, -0.2) is 0 Å². The highest BCUT2D eigenvalue weighted by Gasteiger charge is 2.16. The first-order chi connectivity index (χ1) is 6.40. The van der Waals surface area contributed by atoms with Crippen LogP contribution in [0.3, 0.4) is 0 Å². The summed E-state index contributed by atoms with van der Waals surface area (Å²) in [4.78, 5) is 0. The quantitative estimate of drug-likeness (QED) is 0.470. The van der Waals surface area contributed by atoms with Gasteiger partial charge in [0.05, 0.1) is 12.9 Å². The van der Waals surface area contributed by atoms with Gasteiger partial charge in [0.1, 0.15) is 0 Å². The van der Waals surface area contributed by atoms with Gasteiger partial charge in [-0.1, -0.05) is 6.92 Å². The Bertz CT molecular complexity index is 232. The van der Waals surface area contributed by atoms with Gasteiger partial charge in [-0.15, -0.1) is 0 Å². The first-order valence-corrected chi connectivity index (χ1v) is 6.12. The molecule has 0 saturated carbocycles. The molecule has 0 heterocycles. The number of hydrogen-bond donors (Lipinski definition) is 0. The fourth-order valence-electron chi connectivity index (χ4n) is 1.08. The highest BCUT2D eigenvalue weighted by molar-refractivity contribution is 7.85. The van der Waals surface area contributed by atoms with Gasteiger partial charge in [0.2, 0.25) is 0 Å². The van der Waals surface area contributed by atoms with Crippen LogP contribution in [0.1, 0.15) is 13.3 Å². The van der Waals surface area contributed by atoms with Crippen LogP contribution in [0.5, 0.6) is 0 Å². The van der Waals surface area contributed by atoms with Crippen LogP contribution in [0.2, 0.25) is 0 Å². The summed E-state index contributed by atoms with van der Waals surface area (Å²) in [5.41, 5.74) is 0. The van der Waals surface area contributed by atoms with Gasteiger partial charge in [-0.05, 0) is 6.42 Å². The minimum atomic E-state index is -3.34. The van der Waals surface area contributed by atoms with Crippen LogP contribution < -0.4 is 0 Å². The van der Waals surface area contributed by atoms with E-state index in [-0.39, 0.29) is 18.8 Å². The van der Waals surface area contributed by atoms with Crippen molar-refractivity contribution in [1.82, 2.24) is 0 Å². The van der Waals surface area contributed by atoms with Crippen molar-refractivity contribution in [2.75, 3.05) is 27.1 Å². The Morgan fingerprint density at radius 2 is 1.71 bits per heavy atom. The Hall–Kier alpha value is -0.170. The van der Waals surface area contributed by atoms with Crippen LogP contribution in [0, 0.1) is 5.92 Å². The molecule has 6 heteroatoms. The Morgan fingerprint density at radius 1 is 1.21 bits per heavy atom. The van der Waals surface area contributed by atoms with E-state index in [1.165, 1.54) is 0 Å². The molecular formula is C8H18O5S. The van der Waals surface area contributed by atoms with Crippen molar-refractivity contribution in [2.45, 2.75) is 19.6 Å². The average Bonchev–Trinajstić information content (AvgIpc) is 2.04. The second-order valence-electron chi connectivity index (χ2n) is 3.13. The van der Waals surface area contributed by atoms with Crippen LogP contribution in [0.4, 0.5) is 0 Å². The summed E-state index contributed by atoms with van der Waals surface area (Å²) >= 11 is 0. The first-order valence-electron chi connectivity index (χ1n) is 4.30. The SMILES string of the molecule is COC(OC)[C@@H](C)CCOS(C)(=O)=O. The van der Waals surface area contributed by atoms with E-state index in [0.717, 1.165) is 6.26 Å². The molecule has 0 aromatic carbocycles. The number of rotatable bonds is 7. The van der Waals surface area contributed by atoms with Gasteiger partial charge in [0.15, 0.2) is 6.29 Å². The topological polar surface area (TPSA) is 61.8 Å². The standard InChI is InChI=1S/C8H18O5S/c1-7(8(11-2)12-3)5-6-13-14(4,9)10/h7-8H,5-6H2,1-4H3/t7-/m0/s1. The van der Waals surface area contributed by atoms with Crippen molar-refractivity contribution in [1.29, 1.82) is 0 Å². The van der Waals surface area contributed by atoms with E-state index in [2.05, 4.69) is 4.18 Å². The van der Waals surface area contributed by atoms with Crippen molar-refractivity contribution in [3.63, 3.8) is 0 Å². The summed E-state index contributed by atoms with van der Waals surface area (Å²) in [7, 11) is -0.253. The van der Waals surface area contributed by atoms with Crippen molar-refractivity contribution >= 4 is 10.1 Å². The maximum Gasteiger partial charge on any atom is 0.264 e. The van der Waals surface area contributed by atoms with Gasteiger partial charge in [-0.3, -0.25) is 4.18 Å². The Morgan fingerprint density at radius 3 is 2.07 bits per heavy atom. The molecule has 0 aliphatic rings.